The molecular formula is C13H17NS2Se. The summed E-state index contributed by atoms with van der Waals surface area (Å²) in [7, 11) is 4.03. The van der Waals surface area contributed by atoms with Gasteiger partial charge in [-0.1, -0.05) is 0 Å². The van der Waals surface area contributed by atoms with E-state index in [1.807, 2.05) is 36.8 Å². The zero-order chi connectivity index (χ0) is 12.7. The number of thiocarbonyl (C=S) groups is 1. The number of hydrogen-bond donors (Lipinski definition) is 0. The fraction of sp³-hybridized carbons (Fsp3) is 0.308. The molecule has 0 aromatic heterocycles. The monoisotopic (exact) mass is 331 g/mol. The first-order chi connectivity index (χ1) is 8.13. The van der Waals surface area contributed by atoms with Gasteiger partial charge in [0.1, 0.15) is 0 Å². The third-order valence-electron chi connectivity index (χ3n) is 1.92. The first-order valence-electron chi connectivity index (χ1n) is 5.42. The van der Waals surface area contributed by atoms with Crippen LogP contribution in [0.4, 0.5) is 0 Å². The Bertz CT molecular complexity index is 388. The molecule has 92 valence electrons. The quantitative estimate of drug-likeness (QED) is 0.602. The molecule has 1 aromatic rings. The topological polar surface area (TPSA) is 3.24 Å². The van der Waals surface area contributed by atoms with Crippen molar-refractivity contribution in [1.29, 1.82) is 0 Å². The number of rotatable bonds is 5. The van der Waals surface area contributed by atoms with E-state index in [-0.39, 0.29) is 15.0 Å². The molecule has 0 amide bonds. The van der Waals surface area contributed by atoms with Crippen LogP contribution in [0.1, 0.15) is 12.5 Å². The number of hydrogen-bond acceptors (Lipinski definition) is 2. The Morgan fingerprint density at radius 2 is 2.00 bits per heavy atom. The van der Waals surface area contributed by atoms with E-state index in [0.29, 0.717) is 0 Å². The molecule has 0 fully saturated rings. The Morgan fingerprint density at radius 1 is 1.35 bits per heavy atom. The molecule has 1 aromatic carbocycles. The van der Waals surface area contributed by atoms with Crippen molar-refractivity contribution in [3.8, 4) is 0 Å². The normalized spacial score (nSPS) is 11.4. The molecule has 4 heteroatoms. The van der Waals surface area contributed by atoms with E-state index in [1.165, 1.54) is 9.37 Å². The van der Waals surface area contributed by atoms with Crippen molar-refractivity contribution in [3.05, 3.63) is 39.7 Å². The van der Waals surface area contributed by atoms with Crippen molar-refractivity contribution in [3.63, 3.8) is 0 Å². The SMILES string of the molecule is CCS/C(=C\c1ccccc1)[Se]C(=S)N(C)C. The van der Waals surface area contributed by atoms with Gasteiger partial charge in [0.2, 0.25) is 0 Å². The molecule has 0 spiro atoms. The van der Waals surface area contributed by atoms with Crippen molar-refractivity contribution in [1.82, 2.24) is 4.90 Å². The minimum absolute atomic E-state index is 0.259. The summed E-state index contributed by atoms with van der Waals surface area (Å²) in [6, 6.07) is 10.4. The van der Waals surface area contributed by atoms with Crippen LogP contribution in [0, 0.1) is 0 Å². The Morgan fingerprint density at radius 3 is 2.53 bits per heavy atom. The van der Waals surface area contributed by atoms with Crippen molar-refractivity contribution >= 4 is 48.9 Å². The predicted molar refractivity (Wildman–Crippen MR) is 84.6 cm³/mol. The second-order valence-electron chi connectivity index (χ2n) is 3.57. The molecule has 0 bridgehead atoms. The summed E-state index contributed by atoms with van der Waals surface area (Å²) in [5.41, 5.74) is 1.26. The van der Waals surface area contributed by atoms with Crippen LogP contribution >= 0.6 is 24.0 Å². The zero-order valence-electron chi connectivity index (χ0n) is 10.3. The standard InChI is InChI=1S/C13H17NS2Se/c1-4-16-12(17-13(15)14(2)3)10-11-8-6-5-7-9-11/h5-10H,4H2,1-3H3/b12-10+. The van der Waals surface area contributed by atoms with Gasteiger partial charge in [-0.25, -0.2) is 0 Å². The van der Waals surface area contributed by atoms with Crippen LogP contribution < -0.4 is 0 Å². The molecule has 0 saturated carbocycles. The van der Waals surface area contributed by atoms with Gasteiger partial charge in [-0.15, -0.1) is 0 Å². The third-order valence-corrected chi connectivity index (χ3v) is 6.39. The summed E-state index contributed by atoms with van der Waals surface area (Å²) >= 11 is 7.54. The molecule has 17 heavy (non-hydrogen) atoms. The molecule has 0 atom stereocenters. The fourth-order valence-electron chi connectivity index (χ4n) is 1.11. The van der Waals surface area contributed by atoms with Crippen LogP contribution in [0.5, 0.6) is 0 Å². The van der Waals surface area contributed by atoms with Crippen molar-refractivity contribution in [2.45, 2.75) is 6.92 Å². The molecule has 0 N–H and O–H groups in total. The van der Waals surface area contributed by atoms with Gasteiger partial charge in [0.25, 0.3) is 0 Å². The summed E-state index contributed by atoms with van der Waals surface area (Å²) in [6.07, 6.45) is 2.25. The maximum atomic E-state index is 5.38. The fourth-order valence-corrected chi connectivity index (χ4v) is 5.09. The van der Waals surface area contributed by atoms with E-state index in [4.69, 9.17) is 12.2 Å². The van der Waals surface area contributed by atoms with Crippen LogP contribution in [0.3, 0.4) is 0 Å². The van der Waals surface area contributed by atoms with Crippen LogP contribution in [0.2, 0.25) is 0 Å². The zero-order valence-corrected chi connectivity index (χ0v) is 13.7. The van der Waals surface area contributed by atoms with Crippen molar-refractivity contribution < 1.29 is 0 Å². The van der Waals surface area contributed by atoms with Crippen LogP contribution in [-0.2, 0) is 0 Å². The van der Waals surface area contributed by atoms with Gasteiger partial charge < -0.3 is 0 Å². The van der Waals surface area contributed by atoms with Crippen LogP contribution in [0.25, 0.3) is 6.08 Å². The van der Waals surface area contributed by atoms with E-state index in [9.17, 15) is 0 Å². The van der Waals surface area contributed by atoms with Gasteiger partial charge in [-0.3, -0.25) is 0 Å². The molecule has 0 heterocycles. The molecule has 1 nitrogen and oxygen atoms in total. The van der Waals surface area contributed by atoms with Crippen LogP contribution in [0.15, 0.2) is 34.1 Å². The molecule has 0 radical (unpaired) electrons. The second kappa shape index (κ2) is 7.93. The average Bonchev–Trinajstić information content (AvgIpc) is 2.30. The van der Waals surface area contributed by atoms with Crippen LogP contribution in [-0.4, -0.2) is 43.6 Å². The van der Waals surface area contributed by atoms with Crippen molar-refractivity contribution in [2.24, 2.45) is 0 Å². The summed E-state index contributed by atoms with van der Waals surface area (Å²) in [6.45, 7) is 2.18. The molecule has 0 aliphatic rings. The second-order valence-corrected chi connectivity index (χ2v) is 8.59. The first-order valence-corrected chi connectivity index (χ1v) is 8.53. The van der Waals surface area contributed by atoms with Gasteiger partial charge in [-0.05, 0) is 0 Å². The van der Waals surface area contributed by atoms with E-state index < -0.39 is 0 Å². The Balaban J connectivity index is 2.78. The molecule has 1 rings (SSSR count). The van der Waals surface area contributed by atoms with E-state index >= 15 is 0 Å². The summed E-state index contributed by atoms with van der Waals surface area (Å²) in [4.78, 5) is 2.03. The Hall–Kier alpha value is -0.281. The van der Waals surface area contributed by atoms with E-state index in [1.54, 1.807) is 0 Å². The average molecular weight is 330 g/mol. The number of thioether (sulfide) groups is 1. The molecule has 0 aliphatic heterocycles. The number of nitrogens with zero attached hydrogens (tertiary/aromatic N) is 1. The van der Waals surface area contributed by atoms with Gasteiger partial charge in [0.15, 0.2) is 0 Å². The number of benzene rings is 1. The predicted octanol–water partition coefficient (Wildman–Crippen LogP) is 3.29. The summed E-state index contributed by atoms with van der Waals surface area (Å²) < 4.78 is 2.44. The summed E-state index contributed by atoms with van der Waals surface area (Å²) in [5.74, 6) is 1.09. The van der Waals surface area contributed by atoms with Gasteiger partial charge in [0.05, 0.1) is 0 Å². The van der Waals surface area contributed by atoms with E-state index in [2.05, 4.69) is 37.3 Å². The molecule has 0 unspecified atom stereocenters. The third kappa shape index (κ3) is 5.73. The molecule has 0 aliphatic carbocycles. The van der Waals surface area contributed by atoms with Gasteiger partial charge >= 0.3 is 120 Å². The summed E-state index contributed by atoms with van der Waals surface area (Å²) in [5, 5.41) is 0. The van der Waals surface area contributed by atoms with E-state index in [0.717, 1.165) is 9.64 Å². The Kier molecular flexibility index (Phi) is 6.90. The Labute approximate surface area is 120 Å². The maximum absolute atomic E-state index is 5.38. The first kappa shape index (κ1) is 14.8. The molecular weight excluding hydrogens is 313 g/mol. The van der Waals surface area contributed by atoms with Gasteiger partial charge in [-0.2, -0.15) is 0 Å². The van der Waals surface area contributed by atoms with Crippen molar-refractivity contribution in [2.75, 3.05) is 19.8 Å². The molecule has 0 saturated heterocycles. The minimum atomic E-state index is 0.259. The van der Waals surface area contributed by atoms with Gasteiger partial charge in [0, 0.05) is 0 Å².